The lowest BCUT2D eigenvalue weighted by Gasteiger charge is -2.39. The molecule has 8 nitrogen and oxygen atoms in total. The largest absolute Gasteiger partial charge is 0.494 e. The van der Waals surface area contributed by atoms with Crippen molar-refractivity contribution in [1.82, 2.24) is 10.2 Å². The molecule has 5 rings (SSSR count). The van der Waals surface area contributed by atoms with Gasteiger partial charge in [-0.1, -0.05) is 37.3 Å². The third kappa shape index (κ3) is 4.35. The summed E-state index contributed by atoms with van der Waals surface area (Å²) in [6.07, 6.45) is 0.750. The van der Waals surface area contributed by atoms with Crippen molar-refractivity contribution in [2.75, 3.05) is 18.5 Å². The number of rotatable bonds is 9. The van der Waals surface area contributed by atoms with Gasteiger partial charge in [0.15, 0.2) is 0 Å². The predicted molar refractivity (Wildman–Crippen MR) is 147 cm³/mol. The van der Waals surface area contributed by atoms with Gasteiger partial charge in [0, 0.05) is 17.5 Å². The number of thioether (sulfide) groups is 1. The molecule has 3 N–H and O–H groups in total. The third-order valence-corrected chi connectivity index (χ3v) is 10.3. The normalized spacial score (nSPS) is 30.2. The molecule has 202 valence electrons. The molecule has 2 aromatic carbocycles. The first-order valence-electron chi connectivity index (χ1n) is 13.3. The fraction of sp³-hybridized carbons (Fsp3) is 0.483. The second kappa shape index (κ2) is 10.6. The number of nitrogens with one attached hydrogen (secondary N) is 2. The standard InChI is InChI=1S/C29H35N3O5S/c1-4-37-21-12-10-20(11-13-21)31-26(34)23-22-14-17(2)29(38-22)24(23)28(36)32(18(3)16-33)25(29)27(35)30-15-19-8-6-5-7-9-19/h5-13,17-18,22-25,33H,4,14-16H2,1-3H3,(H,30,35)(H,31,34)/t17?,18-,22-,23+,24+,25?,29?/m1/s1. The molecule has 2 bridgehead atoms. The Morgan fingerprint density at radius 1 is 1.16 bits per heavy atom. The zero-order chi connectivity index (χ0) is 27.0. The number of ether oxygens (including phenoxy) is 1. The summed E-state index contributed by atoms with van der Waals surface area (Å²) in [5.41, 5.74) is 1.60. The Morgan fingerprint density at radius 3 is 2.53 bits per heavy atom. The zero-order valence-electron chi connectivity index (χ0n) is 21.9. The van der Waals surface area contributed by atoms with Crippen LogP contribution in [0.15, 0.2) is 54.6 Å². The molecule has 3 amide bonds. The van der Waals surface area contributed by atoms with E-state index in [-0.39, 0.29) is 35.5 Å². The molecule has 3 unspecified atom stereocenters. The number of nitrogens with zero attached hydrogens (tertiary/aromatic N) is 1. The van der Waals surface area contributed by atoms with Crippen LogP contribution in [-0.2, 0) is 20.9 Å². The van der Waals surface area contributed by atoms with Crippen molar-refractivity contribution < 1.29 is 24.2 Å². The van der Waals surface area contributed by atoms with Crippen molar-refractivity contribution in [2.24, 2.45) is 17.8 Å². The van der Waals surface area contributed by atoms with Crippen LogP contribution in [0.2, 0.25) is 0 Å². The summed E-state index contributed by atoms with van der Waals surface area (Å²) in [5, 5.41) is 16.0. The molecule has 3 saturated heterocycles. The molecular formula is C29H35N3O5S. The fourth-order valence-corrected chi connectivity index (χ4v) is 8.94. The highest BCUT2D eigenvalue weighted by atomic mass is 32.2. The molecule has 7 atom stereocenters. The minimum atomic E-state index is -0.765. The fourth-order valence-electron chi connectivity index (χ4n) is 6.53. The van der Waals surface area contributed by atoms with Crippen LogP contribution in [0.3, 0.4) is 0 Å². The van der Waals surface area contributed by atoms with Gasteiger partial charge in [0.25, 0.3) is 0 Å². The zero-order valence-corrected chi connectivity index (χ0v) is 22.7. The Balaban J connectivity index is 1.43. The van der Waals surface area contributed by atoms with Gasteiger partial charge in [-0.25, -0.2) is 0 Å². The summed E-state index contributed by atoms with van der Waals surface area (Å²) in [5.74, 6) is -1.08. The number of hydrogen-bond donors (Lipinski definition) is 3. The number of fused-ring (bicyclic) bond motifs is 1. The highest BCUT2D eigenvalue weighted by molar-refractivity contribution is 8.02. The lowest BCUT2D eigenvalue weighted by atomic mass is 9.66. The molecule has 38 heavy (non-hydrogen) atoms. The molecule has 0 aromatic heterocycles. The van der Waals surface area contributed by atoms with Gasteiger partial charge in [0.05, 0.1) is 35.8 Å². The SMILES string of the molecule is CCOc1ccc(NC(=O)[C@@H]2[C@H]3C(=O)N([C@H](C)CO)C(C(=O)NCc4ccccc4)C34S[C@@H]2CC4C)cc1. The van der Waals surface area contributed by atoms with E-state index < -0.39 is 28.7 Å². The lowest BCUT2D eigenvalue weighted by molar-refractivity contribution is -0.141. The monoisotopic (exact) mass is 537 g/mol. The second-order valence-corrected chi connectivity index (χ2v) is 12.0. The Morgan fingerprint density at radius 2 is 1.87 bits per heavy atom. The Bertz CT molecular complexity index is 1190. The Labute approximate surface area is 227 Å². The van der Waals surface area contributed by atoms with Crippen molar-refractivity contribution in [2.45, 2.75) is 55.8 Å². The number of benzene rings is 2. The van der Waals surface area contributed by atoms with E-state index in [9.17, 15) is 19.5 Å². The number of aliphatic hydroxyl groups is 1. The van der Waals surface area contributed by atoms with E-state index in [1.807, 2.05) is 37.3 Å². The summed E-state index contributed by atoms with van der Waals surface area (Å²) in [4.78, 5) is 43.0. The number of amides is 3. The Hall–Kier alpha value is -3.04. The molecule has 3 aliphatic heterocycles. The average Bonchev–Trinajstić information content (AvgIpc) is 3.52. The van der Waals surface area contributed by atoms with Crippen LogP contribution in [0.1, 0.15) is 32.8 Å². The third-order valence-electron chi connectivity index (χ3n) is 8.22. The quantitative estimate of drug-likeness (QED) is 0.454. The minimum absolute atomic E-state index is 0.0577. The molecule has 3 heterocycles. The highest BCUT2D eigenvalue weighted by Gasteiger charge is 2.76. The van der Waals surface area contributed by atoms with Crippen molar-refractivity contribution in [3.63, 3.8) is 0 Å². The lowest BCUT2D eigenvalue weighted by Crippen LogP contribution is -2.58. The molecule has 9 heteroatoms. The first kappa shape index (κ1) is 26.6. The molecule has 3 fully saturated rings. The van der Waals surface area contributed by atoms with E-state index in [1.165, 1.54) is 0 Å². The topological polar surface area (TPSA) is 108 Å². The predicted octanol–water partition coefficient (Wildman–Crippen LogP) is 3.06. The van der Waals surface area contributed by atoms with Crippen LogP contribution in [0.25, 0.3) is 0 Å². The van der Waals surface area contributed by atoms with Crippen molar-refractivity contribution in [1.29, 1.82) is 0 Å². The minimum Gasteiger partial charge on any atom is -0.494 e. The molecule has 0 radical (unpaired) electrons. The first-order chi connectivity index (χ1) is 18.3. The van der Waals surface area contributed by atoms with Crippen molar-refractivity contribution in [3.8, 4) is 5.75 Å². The van der Waals surface area contributed by atoms with Gasteiger partial charge >= 0.3 is 0 Å². The van der Waals surface area contributed by atoms with E-state index in [4.69, 9.17) is 4.74 Å². The molecule has 2 aromatic rings. The van der Waals surface area contributed by atoms with E-state index >= 15 is 0 Å². The molecule has 1 spiro atoms. The summed E-state index contributed by atoms with van der Waals surface area (Å²) >= 11 is 1.62. The number of hydrogen-bond acceptors (Lipinski definition) is 6. The first-order valence-corrected chi connectivity index (χ1v) is 14.2. The molecular weight excluding hydrogens is 502 g/mol. The number of likely N-dealkylation sites (tertiary alicyclic amines) is 1. The number of aliphatic hydroxyl groups excluding tert-OH is 1. The second-order valence-electron chi connectivity index (χ2n) is 10.5. The summed E-state index contributed by atoms with van der Waals surface area (Å²) in [7, 11) is 0. The van der Waals surface area contributed by atoms with Crippen LogP contribution in [0.5, 0.6) is 5.75 Å². The van der Waals surface area contributed by atoms with Crippen LogP contribution in [0.4, 0.5) is 5.69 Å². The van der Waals surface area contributed by atoms with Gasteiger partial charge in [0.2, 0.25) is 17.7 Å². The molecule has 0 saturated carbocycles. The maximum atomic E-state index is 14.0. The van der Waals surface area contributed by atoms with Crippen LogP contribution < -0.4 is 15.4 Å². The average molecular weight is 538 g/mol. The van der Waals surface area contributed by atoms with E-state index in [0.29, 0.717) is 18.8 Å². The van der Waals surface area contributed by atoms with Gasteiger partial charge in [-0.05, 0) is 56.0 Å². The van der Waals surface area contributed by atoms with E-state index in [0.717, 1.165) is 17.7 Å². The summed E-state index contributed by atoms with van der Waals surface area (Å²) in [6, 6.07) is 15.5. The smallest absolute Gasteiger partial charge is 0.244 e. The van der Waals surface area contributed by atoms with Gasteiger partial charge < -0.3 is 25.4 Å². The number of carbonyl (C=O) groups is 3. The van der Waals surface area contributed by atoms with Crippen LogP contribution in [0, 0.1) is 17.8 Å². The number of anilines is 1. The maximum Gasteiger partial charge on any atom is 0.244 e. The van der Waals surface area contributed by atoms with Crippen LogP contribution >= 0.6 is 11.8 Å². The van der Waals surface area contributed by atoms with Crippen molar-refractivity contribution >= 4 is 35.2 Å². The van der Waals surface area contributed by atoms with Gasteiger partial charge in [-0.2, -0.15) is 0 Å². The van der Waals surface area contributed by atoms with Crippen molar-refractivity contribution in [3.05, 3.63) is 60.2 Å². The molecule has 0 aliphatic carbocycles. The highest BCUT2D eigenvalue weighted by Crippen LogP contribution is 2.68. The summed E-state index contributed by atoms with van der Waals surface area (Å²) < 4.78 is 4.76. The van der Waals surface area contributed by atoms with E-state index in [1.54, 1.807) is 47.9 Å². The maximum absolute atomic E-state index is 14.0. The Kier molecular flexibility index (Phi) is 7.42. The van der Waals surface area contributed by atoms with Crippen LogP contribution in [-0.4, -0.2) is 63.0 Å². The van der Waals surface area contributed by atoms with Gasteiger partial charge in [0.1, 0.15) is 11.8 Å². The van der Waals surface area contributed by atoms with E-state index in [2.05, 4.69) is 17.6 Å². The summed E-state index contributed by atoms with van der Waals surface area (Å²) in [6.45, 7) is 6.38. The van der Waals surface area contributed by atoms with Gasteiger partial charge in [-0.15, -0.1) is 11.8 Å². The van der Waals surface area contributed by atoms with Gasteiger partial charge in [-0.3, -0.25) is 14.4 Å². The molecule has 3 aliphatic rings. The number of carbonyl (C=O) groups excluding carboxylic acids is 3.